The fourth-order valence-electron chi connectivity index (χ4n) is 2.69. The fourth-order valence-corrected chi connectivity index (χ4v) is 2.69. The van der Waals surface area contributed by atoms with Crippen LogP contribution >= 0.6 is 0 Å². The van der Waals surface area contributed by atoms with Crippen LogP contribution in [0.25, 0.3) is 0 Å². The maximum Gasteiger partial charge on any atom is 0.238 e. The van der Waals surface area contributed by atoms with Crippen LogP contribution in [0.2, 0.25) is 0 Å². The van der Waals surface area contributed by atoms with Crippen molar-refractivity contribution in [3.8, 4) is 0 Å². The van der Waals surface area contributed by atoms with Gasteiger partial charge in [0.1, 0.15) is 11.6 Å². The summed E-state index contributed by atoms with van der Waals surface area (Å²) in [5, 5.41) is 2.93. The number of likely N-dealkylation sites (N-methyl/N-ethyl adjacent to an activating group) is 1. The van der Waals surface area contributed by atoms with Crippen molar-refractivity contribution >= 4 is 5.91 Å². The first-order valence-electron chi connectivity index (χ1n) is 7.41. The Hall–Kier alpha value is -1.49. The third-order valence-electron chi connectivity index (χ3n) is 4.28. The molecule has 0 bridgehead atoms. The highest BCUT2D eigenvalue weighted by Gasteiger charge is 2.48. The van der Waals surface area contributed by atoms with Gasteiger partial charge in [0.05, 0.1) is 11.6 Å². The van der Waals surface area contributed by atoms with Crippen molar-refractivity contribution in [1.82, 2.24) is 10.2 Å². The number of nitrogens with zero attached hydrogens (tertiary/aromatic N) is 1. The maximum absolute atomic E-state index is 13.9. The highest BCUT2D eigenvalue weighted by Crippen LogP contribution is 2.46. The van der Waals surface area contributed by atoms with Crippen molar-refractivity contribution < 1.29 is 13.6 Å². The van der Waals surface area contributed by atoms with E-state index >= 15 is 0 Å². The second-order valence-electron chi connectivity index (χ2n) is 5.69. The zero-order valence-electron chi connectivity index (χ0n) is 12.7. The molecule has 116 valence electrons. The van der Waals surface area contributed by atoms with Crippen molar-refractivity contribution in [2.75, 3.05) is 13.6 Å². The molecule has 5 heteroatoms. The summed E-state index contributed by atoms with van der Waals surface area (Å²) in [4.78, 5) is 14.4. The summed E-state index contributed by atoms with van der Waals surface area (Å²) in [6.45, 7) is 4.68. The zero-order valence-corrected chi connectivity index (χ0v) is 12.7. The molecule has 1 amide bonds. The number of hydrogen-bond acceptors (Lipinski definition) is 2. The lowest BCUT2D eigenvalue weighted by molar-refractivity contribution is -0.127. The molecule has 1 saturated carbocycles. The molecule has 0 saturated heterocycles. The molecule has 1 N–H and O–H groups in total. The van der Waals surface area contributed by atoms with E-state index in [1.165, 1.54) is 6.07 Å². The molecule has 1 aromatic carbocycles. The van der Waals surface area contributed by atoms with E-state index in [-0.39, 0.29) is 17.5 Å². The largest absolute Gasteiger partial charge is 0.345 e. The minimum absolute atomic E-state index is 0.122. The summed E-state index contributed by atoms with van der Waals surface area (Å²) < 4.78 is 27.3. The van der Waals surface area contributed by atoms with E-state index in [0.29, 0.717) is 19.3 Å². The Morgan fingerprint density at radius 2 is 2.05 bits per heavy atom. The van der Waals surface area contributed by atoms with Gasteiger partial charge in [-0.05, 0) is 51.1 Å². The van der Waals surface area contributed by atoms with Crippen LogP contribution in [0.1, 0.15) is 38.7 Å². The van der Waals surface area contributed by atoms with E-state index in [2.05, 4.69) is 5.32 Å². The van der Waals surface area contributed by atoms with Crippen molar-refractivity contribution in [2.24, 2.45) is 0 Å². The average molecular weight is 296 g/mol. The van der Waals surface area contributed by atoms with Crippen LogP contribution in [-0.4, -0.2) is 30.4 Å². The van der Waals surface area contributed by atoms with Crippen LogP contribution in [0.15, 0.2) is 18.2 Å². The van der Waals surface area contributed by atoms with Gasteiger partial charge in [-0.2, -0.15) is 0 Å². The Balaban J connectivity index is 2.18. The fraction of sp³-hybridized carbons (Fsp3) is 0.562. The second kappa shape index (κ2) is 6.10. The van der Waals surface area contributed by atoms with Crippen LogP contribution in [0.4, 0.5) is 8.78 Å². The second-order valence-corrected chi connectivity index (χ2v) is 5.69. The van der Waals surface area contributed by atoms with Crippen molar-refractivity contribution in [3.05, 3.63) is 35.4 Å². The predicted octanol–water partition coefficient (Wildman–Crippen LogP) is 2.80. The van der Waals surface area contributed by atoms with Crippen LogP contribution in [-0.2, 0) is 10.3 Å². The van der Waals surface area contributed by atoms with Gasteiger partial charge in [-0.3, -0.25) is 9.69 Å². The quantitative estimate of drug-likeness (QED) is 0.875. The third-order valence-corrected chi connectivity index (χ3v) is 4.28. The van der Waals surface area contributed by atoms with Crippen LogP contribution in [0.3, 0.4) is 0 Å². The van der Waals surface area contributed by atoms with Crippen LogP contribution in [0, 0.1) is 11.6 Å². The first-order valence-corrected chi connectivity index (χ1v) is 7.41. The van der Waals surface area contributed by atoms with E-state index in [1.807, 2.05) is 25.8 Å². The molecule has 1 unspecified atom stereocenters. The van der Waals surface area contributed by atoms with E-state index < -0.39 is 17.2 Å². The molecule has 0 aliphatic heterocycles. The van der Waals surface area contributed by atoms with E-state index in [4.69, 9.17) is 0 Å². The van der Waals surface area contributed by atoms with Gasteiger partial charge in [-0.1, -0.05) is 13.8 Å². The molecular formula is C16H22F2N2O. The lowest BCUT2D eigenvalue weighted by atomic mass is 10.0. The molecule has 1 atom stereocenters. The lowest BCUT2D eigenvalue weighted by Crippen LogP contribution is -2.48. The first kappa shape index (κ1) is 15.9. The number of hydrogen-bond donors (Lipinski definition) is 1. The first-order chi connectivity index (χ1) is 9.93. The van der Waals surface area contributed by atoms with Gasteiger partial charge in [0.2, 0.25) is 5.91 Å². The normalized spacial score (nSPS) is 17.6. The summed E-state index contributed by atoms with van der Waals surface area (Å²) in [6, 6.07) is 3.15. The number of amides is 1. The lowest BCUT2D eigenvalue weighted by Gasteiger charge is -2.28. The molecule has 0 spiro atoms. The minimum atomic E-state index is -0.731. The Morgan fingerprint density at radius 3 is 2.57 bits per heavy atom. The molecule has 1 fully saturated rings. The van der Waals surface area contributed by atoms with Gasteiger partial charge in [0.25, 0.3) is 0 Å². The summed E-state index contributed by atoms with van der Waals surface area (Å²) in [7, 11) is 1.89. The van der Waals surface area contributed by atoms with E-state index in [9.17, 15) is 13.6 Å². The summed E-state index contributed by atoms with van der Waals surface area (Å²) in [6.07, 6.45) is 1.97. The van der Waals surface area contributed by atoms with Crippen LogP contribution in [0.5, 0.6) is 0 Å². The number of carbonyl (C=O) groups excluding carboxylic acids is 1. The monoisotopic (exact) mass is 296 g/mol. The van der Waals surface area contributed by atoms with Crippen molar-refractivity contribution in [3.63, 3.8) is 0 Å². The van der Waals surface area contributed by atoms with Gasteiger partial charge in [-0.25, -0.2) is 8.78 Å². The Bertz CT molecular complexity index is 529. The Kier molecular flexibility index (Phi) is 4.61. The molecule has 1 aromatic rings. The zero-order chi connectivity index (χ0) is 15.6. The number of benzene rings is 1. The molecule has 0 aromatic heterocycles. The average Bonchev–Trinajstić information content (AvgIpc) is 3.22. The Morgan fingerprint density at radius 1 is 1.38 bits per heavy atom. The standard InChI is InChI=1S/C16H22F2N2O/c1-4-14(20(3)5-2)15(21)19-16(8-9-16)12-10-11(17)6-7-13(12)18/h6-7,10,14H,4-5,8-9H2,1-3H3,(H,19,21). The molecule has 3 nitrogen and oxygen atoms in total. The molecular weight excluding hydrogens is 274 g/mol. The molecule has 2 rings (SSSR count). The smallest absolute Gasteiger partial charge is 0.238 e. The van der Waals surface area contributed by atoms with Crippen molar-refractivity contribution in [1.29, 1.82) is 0 Å². The van der Waals surface area contributed by atoms with Gasteiger partial charge in [0, 0.05) is 5.56 Å². The van der Waals surface area contributed by atoms with Gasteiger partial charge >= 0.3 is 0 Å². The maximum atomic E-state index is 13.9. The highest BCUT2D eigenvalue weighted by molar-refractivity contribution is 5.83. The number of nitrogens with one attached hydrogen (secondary N) is 1. The molecule has 1 aliphatic rings. The Labute approximate surface area is 124 Å². The van der Waals surface area contributed by atoms with Crippen molar-refractivity contribution in [2.45, 2.75) is 44.7 Å². The van der Waals surface area contributed by atoms with Gasteiger partial charge < -0.3 is 5.32 Å². The minimum Gasteiger partial charge on any atom is -0.345 e. The highest BCUT2D eigenvalue weighted by atomic mass is 19.1. The summed E-state index contributed by atoms with van der Waals surface area (Å²) >= 11 is 0. The predicted molar refractivity (Wildman–Crippen MR) is 77.8 cm³/mol. The van der Waals surface area contributed by atoms with Gasteiger partial charge in [0.15, 0.2) is 0 Å². The summed E-state index contributed by atoms with van der Waals surface area (Å²) in [5.74, 6) is -1.07. The molecule has 1 aliphatic carbocycles. The third kappa shape index (κ3) is 3.23. The summed E-state index contributed by atoms with van der Waals surface area (Å²) in [5.41, 5.74) is -0.476. The number of rotatable bonds is 6. The molecule has 0 radical (unpaired) electrons. The van der Waals surface area contributed by atoms with Crippen LogP contribution < -0.4 is 5.32 Å². The van der Waals surface area contributed by atoms with Gasteiger partial charge in [-0.15, -0.1) is 0 Å². The number of halogens is 2. The SMILES string of the molecule is CCC(C(=O)NC1(c2cc(F)ccc2F)CC1)N(C)CC. The topological polar surface area (TPSA) is 32.3 Å². The van der Waals surface area contributed by atoms with E-state index in [1.54, 1.807) is 0 Å². The molecule has 21 heavy (non-hydrogen) atoms. The van der Waals surface area contributed by atoms with E-state index in [0.717, 1.165) is 18.7 Å². The number of carbonyl (C=O) groups is 1. The molecule has 0 heterocycles.